The second-order valence-electron chi connectivity index (χ2n) is 3.62. The summed E-state index contributed by atoms with van der Waals surface area (Å²) in [6.45, 7) is 1.96. The van der Waals surface area contributed by atoms with Gasteiger partial charge in [0.15, 0.2) is 0 Å². The zero-order chi connectivity index (χ0) is 10.1. The molecule has 0 radical (unpaired) electrons. The van der Waals surface area contributed by atoms with Crippen LogP contribution in [0.25, 0.3) is 0 Å². The van der Waals surface area contributed by atoms with Crippen molar-refractivity contribution in [2.45, 2.75) is 26.2 Å². The van der Waals surface area contributed by atoms with Crippen LogP contribution in [0.4, 0.5) is 4.39 Å². The van der Waals surface area contributed by atoms with Crippen LogP contribution in [-0.4, -0.2) is 10.9 Å². The van der Waals surface area contributed by atoms with E-state index in [4.69, 9.17) is 5.21 Å². The van der Waals surface area contributed by atoms with Gasteiger partial charge in [0.25, 0.3) is 0 Å². The molecule has 0 bridgehead atoms. The van der Waals surface area contributed by atoms with E-state index in [1.165, 1.54) is 6.07 Å². The fourth-order valence-corrected chi connectivity index (χ4v) is 2.02. The van der Waals surface area contributed by atoms with Gasteiger partial charge in [-0.1, -0.05) is 11.2 Å². The molecule has 0 heterocycles. The Bertz CT molecular complexity index is 399. The van der Waals surface area contributed by atoms with Gasteiger partial charge in [-0.15, -0.1) is 0 Å². The first kappa shape index (κ1) is 9.19. The molecule has 0 aromatic heterocycles. The van der Waals surface area contributed by atoms with Crippen molar-refractivity contribution in [3.8, 4) is 0 Å². The molecule has 2 nitrogen and oxygen atoms in total. The first-order valence-corrected chi connectivity index (χ1v) is 4.73. The van der Waals surface area contributed by atoms with Crippen molar-refractivity contribution >= 4 is 5.71 Å². The first-order chi connectivity index (χ1) is 6.74. The molecule has 1 N–H and O–H groups in total. The van der Waals surface area contributed by atoms with Gasteiger partial charge >= 0.3 is 0 Å². The highest BCUT2D eigenvalue weighted by Gasteiger charge is 2.21. The van der Waals surface area contributed by atoms with Crippen molar-refractivity contribution in [3.63, 3.8) is 0 Å². The van der Waals surface area contributed by atoms with E-state index in [-0.39, 0.29) is 5.82 Å². The van der Waals surface area contributed by atoms with Crippen LogP contribution in [0.15, 0.2) is 17.3 Å². The third kappa shape index (κ3) is 1.29. The highest BCUT2D eigenvalue weighted by Crippen LogP contribution is 2.26. The average Bonchev–Trinajstić information content (AvgIpc) is 2.23. The Labute approximate surface area is 82.1 Å². The zero-order valence-electron chi connectivity index (χ0n) is 8.05. The van der Waals surface area contributed by atoms with E-state index < -0.39 is 0 Å². The Morgan fingerprint density at radius 2 is 2.14 bits per heavy atom. The predicted octanol–water partition coefficient (Wildman–Crippen LogP) is 2.65. The number of hydrogen-bond donors (Lipinski definition) is 1. The van der Waals surface area contributed by atoms with E-state index in [2.05, 4.69) is 5.16 Å². The van der Waals surface area contributed by atoms with Gasteiger partial charge in [0, 0.05) is 5.56 Å². The topological polar surface area (TPSA) is 32.6 Å². The number of benzene rings is 1. The standard InChI is InChI=1S/C11H12FNO/c1-7-5-6-9(12)11-8(7)3-2-4-10(11)13-14/h5-6,14H,2-4H2,1H3/b13-10-/i13+1. The fourth-order valence-electron chi connectivity index (χ4n) is 2.02. The van der Waals surface area contributed by atoms with Crippen LogP contribution in [0, 0.1) is 12.7 Å². The van der Waals surface area contributed by atoms with Crippen molar-refractivity contribution in [3.05, 3.63) is 34.6 Å². The molecule has 74 valence electrons. The largest absolute Gasteiger partial charge is 0.411 e. The third-order valence-electron chi connectivity index (χ3n) is 2.75. The lowest BCUT2D eigenvalue weighted by Crippen LogP contribution is -2.15. The van der Waals surface area contributed by atoms with Gasteiger partial charge in [-0.05, 0) is 43.4 Å². The van der Waals surface area contributed by atoms with Crippen LogP contribution in [0.3, 0.4) is 0 Å². The number of aryl methyl sites for hydroxylation is 1. The molecule has 0 aliphatic heterocycles. The fraction of sp³-hybridized carbons (Fsp3) is 0.364. The Kier molecular flexibility index (Phi) is 2.23. The third-order valence-corrected chi connectivity index (χ3v) is 2.75. The second-order valence-corrected chi connectivity index (χ2v) is 3.62. The predicted molar refractivity (Wildman–Crippen MR) is 52.4 cm³/mol. The summed E-state index contributed by atoms with van der Waals surface area (Å²) in [7, 11) is 0. The SMILES string of the molecule is Cc1ccc(F)c2c1CCC/C2=[15N]/O. The van der Waals surface area contributed by atoms with Crippen LogP contribution in [0.5, 0.6) is 0 Å². The van der Waals surface area contributed by atoms with Crippen LogP contribution < -0.4 is 0 Å². The van der Waals surface area contributed by atoms with E-state index in [0.29, 0.717) is 17.7 Å². The van der Waals surface area contributed by atoms with E-state index in [1.54, 1.807) is 6.07 Å². The molecule has 0 saturated heterocycles. The molecule has 0 spiro atoms. The maximum Gasteiger partial charge on any atom is 0.132 e. The molecule has 0 atom stereocenters. The molecule has 1 aromatic rings. The number of hydrogen-bond acceptors (Lipinski definition) is 2. The maximum absolute atomic E-state index is 13.5. The summed E-state index contributed by atoms with van der Waals surface area (Å²) >= 11 is 0. The summed E-state index contributed by atoms with van der Waals surface area (Å²) < 4.78 is 13.5. The lowest BCUT2D eigenvalue weighted by molar-refractivity contribution is 0.317. The first-order valence-electron chi connectivity index (χ1n) is 4.73. The lowest BCUT2D eigenvalue weighted by Gasteiger charge is -2.19. The summed E-state index contributed by atoms with van der Waals surface area (Å²) in [5.74, 6) is -0.280. The normalized spacial score (nSPS) is 18.3. The molecular weight excluding hydrogens is 182 g/mol. The Balaban J connectivity index is 2.67. The van der Waals surface area contributed by atoms with Gasteiger partial charge in [-0.25, -0.2) is 4.39 Å². The van der Waals surface area contributed by atoms with E-state index in [0.717, 1.165) is 24.0 Å². The minimum absolute atomic E-state index is 0.280. The number of oxime groups is 1. The van der Waals surface area contributed by atoms with Gasteiger partial charge < -0.3 is 5.21 Å². The van der Waals surface area contributed by atoms with Gasteiger partial charge in [0.1, 0.15) is 5.82 Å². The molecule has 1 aliphatic rings. The Hall–Kier alpha value is -1.38. The van der Waals surface area contributed by atoms with E-state index in [1.807, 2.05) is 6.92 Å². The summed E-state index contributed by atoms with van der Waals surface area (Å²) in [5, 5.41) is 11.9. The van der Waals surface area contributed by atoms with Crippen molar-refractivity contribution in [1.29, 1.82) is 0 Å². The number of nitrogens with zero attached hydrogens (tertiary/aromatic N) is 1. The summed E-state index contributed by atoms with van der Waals surface area (Å²) in [5.41, 5.74) is 3.05. The zero-order valence-corrected chi connectivity index (χ0v) is 8.05. The smallest absolute Gasteiger partial charge is 0.132 e. The average molecular weight is 194 g/mol. The molecule has 0 fully saturated rings. The van der Waals surface area contributed by atoms with Crippen LogP contribution in [0.1, 0.15) is 29.5 Å². The van der Waals surface area contributed by atoms with Gasteiger partial charge in [0.2, 0.25) is 0 Å². The van der Waals surface area contributed by atoms with Crippen LogP contribution in [-0.2, 0) is 6.42 Å². The van der Waals surface area contributed by atoms with Crippen molar-refractivity contribution in [2.75, 3.05) is 0 Å². The lowest BCUT2D eigenvalue weighted by atomic mass is 9.87. The quantitative estimate of drug-likeness (QED) is 0.384. The molecule has 14 heavy (non-hydrogen) atoms. The number of halogens is 1. The van der Waals surface area contributed by atoms with Gasteiger partial charge in [-0.3, -0.25) is 0 Å². The number of rotatable bonds is 0. The minimum Gasteiger partial charge on any atom is -0.411 e. The molecule has 2 rings (SSSR count). The monoisotopic (exact) mass is 194 g/mol. The summed E-state index contributed by atoms with van der Waals surface area (Å²) in [6.07, 6.45) is 2.46. The molecule has 1 aliphatic carbocycles. The van der Waals surface area contributed by atoms with Crippen molar-refractivity contribution in [2.24, 2.45) is 5.16 Å². The molecule has 3 heteroatoms. The maximum atomic E-state index is 13.5. The van der Waals surface area contributed by atoms with E-state index >= 15 is 0 Å². The highest BCUT2D eigenvalue weighted by molar-refractivity contribution is 6.02. The second kappa shape index (κ2) is 3.40. The van der Waals surface area contributed by atoms with Gasteiger partial charge in [0.05, 0.1) is 5.71 Å². The molecule has 0 amide bonds. The summed E-state index contributed by atoms with van der Waals surface area (Å²) in [6, 6.07) is 3.21. The van der Waals surface area contributed by atoms with Crippen LogP contribution >= 0.6 is 0 Å². The van der Waals surface area contributed by atoms with Crippen LogP contribution in [0.2, 0.25) is 0 Å². The number of fused-ring (bicyclic) bond motifs is 1. The van der Waals surface area contributed by atoms with E-state index in [9.17, 15) is 4.39 Å². The molecule has 1 aromatic carbocycles. The summed E-state index contributed by atoms with van der Waals surface area (Å²) in [4.78, 5) is 0. The Morgan fingerprint density at radius 3 is 2.86 bits per heavy atom. The molecule has 0 saturated carbocycles. The van der Waals surface area contributed by atoms with Crippen molar-refractivity contribution < 1.29 is 9.60 Å². The van der Waals surface area contributed by atoms with Crippen molar-refractivity contribution in [1.82, 2.24) is 0 Å². The highest BCUT2D eigenvalue weighted by atomic mass is 19.1. The molecular formula is C11H12FNO. The minimum atomic E-state index is -0.280. The Morgan fingerprint density at radius 1 is 1.36 bits per heavy atom. The van der Waals surface area contributed by atoms with Gasteiger partial charge in [-0.2, -0.15) is 0 Å². The molecule has 0 unspecified atom stereocenters.